The smallest absolute Gasteiger partial charge is 0.256 e. The van der Waals surface area contributed by atoms with Crippen molar-refractivity contribution in [3.05, 3.63) is 72.2 Å². The minimum Gasteiger partial charge on any atom is -0.463 e. The molecule has 1 N–H and O–H groups in total. The summed E-state index contributed by atoms with van der Waals surface area (Å²) in [5.41, 5.74) is 4.10. The van der Waals surface area contributed by atoms with E-state index in [9.17, 15) is 4.79 Å². The fourth-order valence-corrected chi connectivity index (χ4v) is 3.49. The van der Waals surface area contributed by atoms with Gasteiger partial charge in [0, 0.05) is 17.8 Å². The highest BCUT2D eigenvalue weighted by atomic mass is 16.3. The molecule has 0 spiro atoms. The summed E-state index contributed by atoms with van der Waals surface area (Å²) in [6.07, 6.45) is 3.22. The minimum atomic E-state index is -0.237. The van der Waals surface area contributed by atoms with E-state index in [-0.39, 0.29) is 5.91 Å². The van der Waals surface area contributed by atoms with Crippen molar-refractivity contribution in [2.75, 3.05) is 5.32 Å². The second-order valence-electron chi connectivity index (χ2n) is 6.81. The van der Waals surface area contributed by atoms with Crippen molar-refractivity contribution in [1.82, 2.24) is 19.7 Å². The second kappa shape index (κ2) is 6.56. The molecule has 0 aliphatic carbocycles. The van der Waals surface area contributed by atoms with Crippen LogP contribution in [-0.2, 0) is 7.05 Å². The molecule has 1 amide bonds. The predicted molar refractivity (Wildman–Crippen MR) is 111 cm³/mol. The number of anilines is 1. The first-order valence-electron chi connectivity index (χ1n) is 9.14. The molecular formula is C22H17N5O2. The van der Waals surface area contributed by atoms with Crippen LogP contribution >= 0.6 is 0 Å². The van der Waals surface area contributed by atoms with Crippen molar-refractivity contribution in [2.24, 2.45) is 7.05 Å². The monoisotopic (exact) mass is 383 g/mol. The highest BCUT2D eigenvalue weighted by Gasteiger charge is 2.16. The van der Waals surface area contributed by atoms with E-state index < -0.39 is 0 Å². The summed E-state index contributed by atoms with van der Waals surface area (Å²) < 4.78 is 7.20. The quantitative estimate of drug-likeness (QED) is 0.501. The molecule has 29 heavy (non-hydrogen) atoms. The first-order valence-corrected chi connectivity index (χ1v) is 9.14. The van der Waals surface area contributed by atoms with Crippen LogP contribution in [-0.4, -0.2) is 25.7 Å². The molecule has 5 aromatic rings. The number of hydrogen-bond donors (Lipinski definition) is 1. The number of pyridine rings is 2. The highest BCUT2D eigenvalue weighted by Crippen LogP contribution is 2.26. The molecule has 7 nitrogen and oxygen atoms in total. The van der Waals surface area contributed by atoms with Gasteiger partial charge < -0.3 is 9.73 Å². The zero-order chi connectivity index (χ0) is 20.0. The van der Waals surface area contributed by atoms with Crippen LogP contribution < -0.4 is 5.32 Å². The summed E-state index contributed by atoms with van der Waals surface area (Å²) >= 11 is 0. The van der Waals surface area contributed by atoms with E-state index in [0.29, 0.717) is 22.7 Å². The number of hydrogen-bond acceptors (Lipinski definition) is 5. The van der Waals surface area contributed by atoms with Gasteiger partial charge in [0.15, 0.2) is 11.4 Å². The number of carbonyl (C=O) groups is 1. The van der Waals surface area contributed by atoms with Crippen molar-refractivity contribution in [1.29, 1.82) is 0 Å². The third-order valence-electron chi connectivity index (χ3n) is 4.86. The molecule has 4 heterocycles. The van der Waals surface area contributed by atoms with Gasteiger partial charge in [0.1, 0.15) is 5.69 Å². The molecule has 0 saturated carbocycles. The van der Waals surface area contributed by atoms with Crippen molar-refractivity contribution in [3.8, 4) is 11.5 Å². The van der Waals surface area contributed by atoms with Gasteiger partial charge in [-0.15, -0.1) is 0 Å². The maximum absolute atomic E-state index is 13.2. The number of amides is 1. The van der Waals surface area contributed by atoms with Crippen LogP contribution in [0.5, 0.6) is 0 Å². The predicted octanol–water partition coefficient (Wildman–Crippen LogP) is 4.34. The number of furan rings is 1. The fourth-order valence-electron chi connectivity index (χ4n) is 3.49. The summed E-state index contributed by atoms with van der Waals surface area (Å²) in [6.45, 7) is 1.92. The number of nitrogens with one attached hydrogen (secondary N) is 1. The van der Waals surface area contributed by atoms with Gasteiger partial charge in [-0.25, -0.2) is 9.97 Å². The third kappa shape index (κ3) is 2.93. The van der Waals surface area contributed by atoms with Gasteiger partial charge in [-0.3, -0.25) is 9.48 Å². The van der Waals surface area contributed by atoms with E-state index in [0.717, 1.165) is 27.6 Å². The summed E-state index contributed by atoms with van der Waals surface area (Å²) in [7, 11) is 1.85. The normalized spacial score (nSPS) is 11.2. The molecule has 0 aliphatic heterocycles. The van der Waals surface area contributed by atoms with E-state index in [4.69, 9.17) is 4.42 Å². The molecule has 142 valence electrons. The Balaban J connectivity index is 1.58. The number of carbonyl (C=O) groups excluding carboxylic acids is 1. The van der Waals surface area contributed by atoms with Crippen LogP contribution in [0.4, 0.5) is 5.69 Å². The van der Waals surface area contributed by atoms with Gasteiger partial charge >= 0.3 is 0 Å². The second-order valence-corrected chi connectivity index (χ2v) is 6.81. The van der Waals surface area contributed by atoms with Gasteiger partial charge in [-0.2, -0.15) is 5.10 Å². The minimum absolute atomic E-state index is 0.237. The van der Waals surface area contributed by atoms with E-state index in [1.807, 2.05) is 50.4 Å². The molecular weight excluding hydrogens is 366 g/mol. The molecule has 0 saturated heterocycles. The lowest BCUT2D eigenvalue weighted by molar-refractivity contribution is 0.102. The maximum Gasteiger partial charge on any atom is 0.256 e. The van der Waals surface area contributed by atoms with E-state index in [1.165, 1.54) is 0 Å². The molecule has 0 atom stereocenters. The molecule has 1 aromatic carbocycles. The van der Waals surface area contributed by atoms with Gasteiger partial charge in [0.05, 0.1) is 34.9 Å². The Bertz CT molecular complexity index is 1370. The Morgan fingerprint density at radius 2 is 1.97 bits per heavy atom. The van der Waals surface area contributed by atoms with Crippen molar-refractivity contribution in [2.45, 2.75) is 6.92 Å². The molecule has 0 radical (unpaired) electrons. The Morgan fingerprint density at radius 3 is 2.79 bits per heavy atom. The van der Waals surface area contributed by atoms with Crippen LogP contribution in [0.3, 0.4) is 0 Å². The summed E-state index contributed by atoms with van der Waals surface area (Å²) in [4.78, 5) is 22.2. The van der Waals surface area contributed by atoms with Crippen LogP contribution in [0.15, 0.2) is 65.4 Å². The van der Waals surface area contributed by atoms with Crippen molar-refractivity contribution >= 4 is 33.5 Å². The number of benzene rings is 1. The number of aryl methyl sites for hydroxylation is 2. The lowest BCUT2D eigenvalue weighted by atomic mass is 10.1. The van der Waals surface area contributed by atoms with E-state index >= 15 is 0 Å². The first-order chi connectivity index (χ1) is 14.1. The van der Waals surface area contributed by atoms with Crippen LogP contribution in [0.1, 0.15) is 16.1 Å². The molecule has 0 unspecified atom stereocenters. The van der Waals surface area contributed by atoms with Crippen LogP contribution in [0, 0.1) is 6.92 Å². The first kappa shape index (κ1) is 17.1. The molecule has 7 heteroatoms. The molecule has 0 fully saturated rings. The Hall–Kier alpha value is -4.00. The SMILES string of the molecule is Cc1nn(C)c2ncc(NC(=O)c3cc(-c4ccco4)nc4ccccc34)cc12. The molecule has 0 aliphatic rings. The summed E-state index contributed by atoms with van der Waals surface area (Å²) in [5, 5.41) is 9.00. The lowest BCUT2D eigenvalue weighted by Gasteiger charge is -2.10. The number of aromatic nitrogens is 4. The Kier molecular flexibility index (Phi) is 3.87. The summed E-state index contributed by atoms with van der Waals surface area (Å²) in [6, 6.07) is 14.8. The highest BCUT2D eigenvalue weighted by molar-refractivity contribution is 6.13. The van der Waals surface area contributed by atoms with Crippen molar-refractivity contribution in [3.63, 3.8) is 0 Å². The zero-order valence-electron chi connectivity index (χ0n) is 15.9. The Labute approximate surface area is 166 Å². The van der Waals surface area contributed by atoms with E-state index in [2.05, 4.69) is 20.4 Å². The third-order valence-corrected chi connectivity index (χ3v) is 4.86. The molecule has 4 aromatic heterocycles. The Morgan fingerprint density at radius 1 is 1.10 bits per heavy atom. The molecule has 0 bridgehead atoms. The van der Waals surface area contributed by atoms with E-state index in [1.54, 1.807) is 29.3 Å². The summed E-state index contributed by atoms with van der Waals surface area (Å²) in [5.74, 6) is 0.373. The topological polar surface area (TPSA) is 85.8 Å². The fraction of sp³-hybridized carbons (Fsp3) is 0.0909. The number of para-hydroxylation sites is 1. The standard InChI is InChI=1S/C22H17N5O2/c1-13-16-10-14(12-23-21(16)27(2)26-13)24-22(28)17-11-19(20-8-5-9-29-20)25-18-7-4-3-6-15(17)18/h3-12H,1-2H3,(H,24,28). The van der Waals surface area contributed by atoms with Gasteiger partial charge in [-0.1, -0.05) is 18.2 Å². The number of rotatable bonds is 3. The lowest BCUT2D eigenvalue weighted by Crippen LogP contribution is -2.13. The number of fused-ring (bicyclic) bond motifs is 2. The average Bonchev–Trinajstić information content (AvgIpc) is 3.36. The van der Waals surface area contributed by atoms with Crippen molar-refractivity contribution < 1.29 is 9.21 Å². The van der Waals surface area contributed by atoms with Crippen LogP contribution in [0.25, 0.3) is 33.4 Å². The largest absolute Gasteiger partial charge is 0.463 e. The van der Waals surface area contributed by atoms with Crippen LogP contribution in [0.2, 0.25) is 0 Å². The zero-order valence-corrected chi connectivity index (χ0v) is 15.9. The van der Waals surface area contributed by atoms with Gasteiger partial charge in [0.25, 0.3) is 5.91 Å². The maximum atomic E-state index is 13.2. The number of nitrogens with zero attached hydrogens (tertiary/aromatic N) is 4. The van der Waals surface area contributed by atoms with Gasteiger partial charge in [0.2, 0.25) is 0 Å². The average molecular weight is 383 g/mol. The van der Waals surface area contributed by atoms with Gasteiger partial charge in [-0.05, 0) is 37.3 Å². The molecule has 5 rings (SSSR count).